The van der Waals surface area contributed by atoms with Gasteiger partial charge in [0.15, 0.2) is 11.5 Å². The van der Waals surface area contributed by atoms with Gasteiger partial charge < -0.3 is 29.0 Å². The van der Waals surface area contributed by atoms with Gasteiger partial charge in [0, 0.05) is 31.7 Å². The van der Waals surface area contributed by atoms with Gasteiger partial charge >= 0.3 is 0 Å². The van der Waals surface area contributed by atoms with Crippen LogP contribution in [0.15, 0.2) is 42.0 Å². The van der Waals surface area contributed by atoms with E-state index in [1.54, 1.807) is 30.2 Å². The summed E-state index contributed by atoms with van der Waals surface area (Å²) in [5, 5.41) is 11.6. The Hall–Kier alpha value is -3.56. The van der Waals surface area contributed by atoms with Crippen molar-refractivity contribution in [3.8, 4) is 17.2 Å². The van der Waals surface area contributed by atoms with E-state index < -0.39 is 17.7 Å². The van der Waals surface area contributed by atoms with Crippen LogP contribution in [0.2, 0.25) is 0 Å². The molecule has 9 heteroatoms. The van der Waals surface area contributed by atoms with E-state index in [1.807, 2.05) is 32.0 Å². The number of carbonyl (C=O) groups is 2. The van der Waals surface area contributed by atoms with Crippen LogP contribution in [0.3, 0.4) is 0 Å². The van der Waals surface area contributed by atoms with Crippen LogP contribution in [0.5, 0.6) is 17.2 Å². The first-order chi connectivity index (χ1) is 20.4. The third-order valence-corrected chi connectivity index (χ3v) is 7.70. The number of Topliss-reactive ketones (excluding diaryl/α,β-unsaturated/α-hetero) is 1. The summed E-state index contributed by atoms with van der Waals surface area (Å²) in [5.74, 6) is 0.280. The van der Waals surface area contributed by atoms with Gasteiger partial charge in [-0.15, -0.1) is 0 Å². The molecule has 0 spiro atoms. The highest BCUT2D eigenvalue weighted by Gasteiger charge is 2.46. The average molecular weight is 581 g/mol. The number of aryl methyl sites for hydroxylation is 1. The number of hydrogen-bond acceptors (Lipinski definition) is 8. The maximum atomic E-state index is 13.6. The fraction of sp³-hybridized carbons (Fsp3) is 0.515. The summed E-state index contributed by atoms with van der Waals surface area (Å²) >= 11 is 0. The van der Waals surface area contributed by atoms with Crippen LogP contribution in [0.25, 0.3) is 5.76 Å². The molecule has 2 heterocycles. The van der Waals surface area contributed by atoms with Crippen molar-refractivity contribution >= 4 is 17.4 Å². The van der Waals surface area contributed by atoms with Crippen molar-refractivity contribution in [1.29, 1.82) is 0 Å². The zero-order valence-electron chi connectivity index (χ0n) is 25.3. The lowest BCUT2D eigenvalue weighted by Gasteiger charge is -2.29. The molecule has 2 aromatic rings. The first kappa shape index (κ1) is 31.4. The molecular weight excluding hydrogens is 536 g/mol. The zero-order chi connectivity index (χ0) is 30.1. The van der Waals surface area contributed by atoms with E-state index in [0.717, 1.165) is 44.5 Å². The van der Waals surface area contributed by atoms with E-state index in [9.17, 15) is 14.7 Å². The van der Waals surface area contributed by atoms with Crippen LogP contribution < -0.4 is 14.2 Å². The molecule has 0 aliphatic carbocycles. The molecule has 0 bridgehead atoms. The van der Waals surface area contributed by atoms with Gasteiger partial charge in [-0.1, -0.05) is 26.3 Å². The summed E-state index contributed by atoms with van der Waals surface area (Å²) in [6.45, 7) is 11.3. The summed E-state index contributed by atoms with van der Waals surface area (Å²) < 4.78 is 22.8. The van der Waals surface area contributed by atoms with Crippen LogP contribution in [-0.4, -0.2) is 86.3 Å². The minimum Gasteiger partial charge on any atom is -0.507 e. The molecule has 2 fully saturated rings. The number of benzene rings is 2. The highest BCUT2D eigenvalue weighted by atomic mass is 16.5. The van der Waals surface area contributed by atoms with Crippen molar-refractivity contribution in [2.24, 2.45) is 0 Å². The van der Waals surface area contributed by atoms with Crippen LogP contribution in [0.1, 0.15) is 62.3 Å². The van der Waals surface area contributed by atoms with Crippen molar-refractivity contribution in [3.63, 3.8) is 0 Å². The Kier molecular flexibility index (Phi) is 11.3. The molecule has 0 radical (unpaired) electrons. The maximum Gasteiger partial charge on any atom is 0.295 e. The molecule has 1 amide bonds. The molecule has 1 atom stereocenters. The molecule has 2 saturated heterocycles. The zero-order valence-corrected chi connectivity index (χ0v) is 25.3. The monoisotopic (exact) mass is 580 g/mol. The van der Waals surface area contributed by atoms with Gasteiger partial charge in [-0.05, 0) is 67.6 Å². The first-order valence-electron chi connectivity index (χ1n) is 15.0. The van der Waals surface area contributed by atoms with E-state index in [-0.39, 0.29) is 11.3 Å². The van der Waals surface area contributed by atoms with Crippen LogP contribution in [-0.2, 0) is 14.3 Å². The third kappa shape index (κ3) is 7.25. The van der Waals surface area contributed by atoms with E-state index in [2.05, 4.69) is 11.8 Å². The number of nitrogens with zero attached hydrogens (tertiary/aromatic N) is 2. The summed E-state index contributed by atoms with van der Waals surface area (Å²) in [6.07, 6.45) is 3.48. The molecule has 2 aliphatic heterocycles. The first-order valence-corrected chi connectivity index (χ1v) is 15.0. The van der Waals surface area contributed by atoms with Crippen LogP contribution in [0.4, 0.5) is 0 Å². The Morgan fingerprint density at radius 2 is 1.74 bits per heavy atom. The van der Waals surface area contributed by atoms with Gasteiger partial charge in [-0.25, -0.2) is 0 Å². The normalized spacial score (nSPS) is 18.9. The Bertz CT molecular complexity index is 1270. The Morgan fingerprint density at radius 1 is 0.952 bits per heavy atom. The predicted octanol–water partition coefficient (Wildman–Crippen LogP) is 5.12. The Labute approximate surface area is 249 Å². The molecule has 2 aromatic carbocycles. The minimum atomic E-state index is -0.774. The smallest absolute Gasteiger partial charge is 0.295 e. The average Bonchev–Trinajstić information content (AvgIpc) is 3.25. The molecule has 9 nitrogen and oxygen atoms in total. The summed E-state index contributed by atoms with van der Waals surface area (Å²) in [7, 11) is 1.57. The molecular formula is C33H44N2O7. The Balaban J connectivity index is 1.71. The third-order valence-electron chi connectivity index (χ3n) is 7.70. The molecule has 42 heavy (non-hydrogen) atoms. The van der Waals surface area contributed by atoms with Gasteiger partial charge in [0.2, 0.25) is 0 Å². The number of hydrogen-bond donors (Lipinski definition) is 1. The number of aliphatic hydroxyl groups excluding tert-OH is 1. The molecule has 4 rings (SSSR count). The molecule has 2 aliphatic rings. The Morgan fingerprint density at radius 3 is 2.43 bits per heavy atom. The lowest BCUT2D eigenvalue weighted by Crippen LogP contribution is -2.39. The van der Waals surface area contributed by atoms with Crippen LogP contribution >= 0.6 is 0 Å². The largest absolute Gasteiger partial charge is 0.507 e. The standard InChI is InChI=1S/C33H44N2O7/c1-5-7-18-42-27-12-9-24(22-28(27)39-4)30-29(31(36)26-11-10-25(21-23(26)3)41-17-6-2)32(37)33(38)35(30)14-8-13-34-15-19-40-20-16-34/h9-12,21-22,30,36H,5-8,13-20H2,1-4H3/b31-29+. The van der Waals surface area contributed by atoms with Gasteiger partial charge in [0.05, 0.1) is 45.2 Å². The number of unbranched alkanes of at least 4 members (excludes halogenated alkanes) is 1. The van der Waals surface area contributed by atoms with E-state index in [0.29, 0.717) is 67.8 Å². The SMILES string of the molecule is CCCCOc1ccc(C2/C(=C(\O)c3ccc(OCCC)cc3C)C(=O)C(=O)N2CCCN2CCOCC2)cc1OC. The van der Waals surface area contributed by atoms with Crippen molar-refractivity contribution in [3.05, 3.63) is 58.7 Å². The number of ketones is 1. The number of methoxy groups -OCH3 is 1. The highest BCUT2D eigenvalue weighted by molar-refractivity contribution is 6.46. The highest BCUT2D eigenvalue weighted by Crippen LogP contribution is 2.42. The molecule has 228 valence electrons. The fourth-order valence-corrected chi connectivity index (χ4v) is 5.40. The second kappa shape index (κ2) is 15.1. The van der Waals surface area contributed by atoms with E-state index in [4.69, 9.17) is 18.9 Å². The van der Waals surface area contributed by atoms with Crippen molar-refractivity contribution < 1.29 is 33.6 Å². The fourth-order valence-electron chi connectivity index (χ4n) is 5.40. The molecule has 0 saturated carbocycles. The summed E-state index contributed by atoms with van der Waals surface area (Å²) in [5.41, 5.74) is 1.97. The topological polar surface area (TPSA) is 97.8 Å². The van der Waals surface area contributed by atoms with Crippen LogP contribution in [0, 0.1) is 6.92 Å². The van der Waals surface area contributed by atoms with E-state index >= 15 is 0 Å². The van der Waals surface area contributed by atoms with Crippen molar-refractivity contribution in [2.75, 3.05) is 59.7 Å². The lowest BCUT2D eigenvalue weighted by molar-refractivity contribution is -0.140. The molecule has 1 unspecified atom stereocenters. The van der Waals surface area contributed by atoms with Gasteiger partial charge in [0.25, 0.3) is 11.7 Å². The lowest BCUT2D eigenvalue weighted by atomic mass is 9.93. The van der Waals surface area contributed by atoms with Crippen molar-refractivity contribution in [1.82, 2.24) is 9.80 Å². The summed E-state index contributed by atoms with van der Waals surface area (Å²) in [4.78, 5) is 30.9. The van der Waals surface area contributed by atoms with Crippen molar-refractivity contribution in [2.45, 2.75) is 52.5 Å². The number of morpholine rings is 1. The second-order valence-electron chi connectivity index (χ2n) is 10.7. The number of ether oxygens (including phenoxy) is 4. The number of carbonyl (C=O) groups excluding carboxylic acids is 2. The second-order valence-corrected chi connectivity index (χ2v) is 10.7. The number of likely N-dealkylation sites (tertiary alicyclic amines) is 1. The maximum absolute atomic E-state index is 13.6. The quantitative estimate of drug-likeness (QED) is 0.142. The number of rotatable bonds is 14. The number of aliphatic hydroxyl groups is 1. The summed E-state index contributed by atoms with van der Waals surface area (Å²) in [6, 6.07) is 10.0. The number of amides is 1. The molecule has 0 aromatic heterocycles. The minimum absolute atomic E-state index is 0.0680. The molecule has 1 N–H and O–H groups in total. The van der Waals surface area contributed by atoms with Gasteiger partial charge in [0.1, 0.15) is 11.5 Å². The van der Waals surface area contributed by atoms with Gasteiger partial charge in [-0.2, -0.15) is 0 Å². The van der Waals surface area contributed by atoms with E-state index in [1.165, 1.54) is 0 Å². The predicted molar refractivity (Wildman–Crippen MR) is 161 cm³/mol. The van der Waals surface area contributed by atoms with Gasteiger partial charge in [-0.3, -0.25) is 14.5 Å².